The van der Waals surface area contributed by atoms with E-state index >= 15 is 0 Å². The van der Waals surface area contributed by atoms with Crippen LogP contribution in [0.1, 0.15) is 22.8 Å². The van der Waals surface area contributed by atoms with Gasteiger partial charge in [-0.3, -0.25) is 14.6 Å². The second-order valence-electron chi connectivity index (χ2n) is 4.82. The Morgan fingerprint density at radius 1 is 1.33 bits per heavy atom. The smallest absolute Gasteiger partial charge is 0.277 e. The van der Waals surface area contributed by atoms with E-state index in [2.05, 4.69) is 10.5 Å². The largest absolute Gasteiger partial charge is 0.363 e. The lowest BCUT2D eigenvalue weighted by Gasteiger charge is -2.24. The number of hydrogen-bond acceptors (Lipinski definition) is 4. The van der Waals surface area contributed by atoms with Gasteiger partial charge in [0.15, 0.2) is 6.10 Å². The number of pyridine rings is 1. The van der Waals surface area contributed by atoms with E-state index in [1.54, 1.807) is 12.4 Å². The Hall–Kier alpha value is -2.24. The predicted octanol–water partition coefficient (Wildman–Crippen LogP) is 1.94. The van der Waals surface area contributed by atoms with Crippen LogP contribution >= 0.6 is 0 Å². The van der Waals surface area contributed by atoms with E-state index in [0.29, 0.717) is 6.61 Å². The van der Waals surface area contributed by atoms with Crippen molar-refractivity contribution >= 4 is 5.91 Å². The average molecular weight is 284 g/mol. The van der Waals surface area contributed by atoms with Gasteiger partial charge in [-0.15, -0.1) is 0 Å². The molecule has 0 radical (unpaired) electrons. The summed E-state index contributed by atoms with van der Waals surface area (Å²) in [5.41, 5.74) is 5.40. The number of aromatic nitrogens is 1. The summed E-state index contributed by atoms with van der Waals surface area (Å²) in [7, 11) is 0. The fraction of sp³-hybridized carbons (Fsp3) is 0.250. The van der Waals surface area contributed by atoms with Gasteiger partial charge in [-0.1, -0.05) is 30.3 Å². The third-order valence-electron chi connectivity index (χ3n) is 3.37. The molecule has 0 saturated heterocycles. The van der Waals surface area contributed by atoms with Crippen molar-refractivity contribution in [2.24, 2.45) is 0 Å². The van der Waals surface area contributed by atoms with Crippen LogP contribution in [0, 0.1) is 0 Å². The lowest BCUT2D eigenvalue weighted by molar-refractivity contribution is -0.148. The number of benzene rings is 1. The molecule has 0 saturated carbocycles. The minimum absolute atomic E-state index is 0.272. The molecule has 1 unspecified atom stereocenters. The summed E-state index contributed by atoms with van der Waals surface area (Å²) in [5, 5.41) is 0. The van der Waals surface area contributed by atoms with Gasteiger partial charge in [-0.25, -0.2) is 5.48 Å². The van der Waals surface area contributed by atoms with E-state index in [-0.39, 0.29) is 12.5 Å². The number of amides is 1. The zero-order valence-corrected chi connectivity index (χ0v) is 11.5. The highest BCUT2D eigenvalue weighted by Gasteiger charge is 2.27. The molecular formula is C16H16N2O3. The highest BCUT2D eigenvalue weighted by Crippen LogP contribution is 2.26. The van der Waals surface area contributed by atoms with Crippen LogP contribution in [0.4, 0.5) is 0 Å². The molecule has 1 aromatic carbocycles. The Balaban J connectivity index is 1.59. The van der Waals surface area contributed by atoms with Gasteiger partial charge in [0.25, 0.3) is 5.91 Å². The number of rotatable bonds is 4. The quantitative estimate of drug-likeness (QED) is 0.872. The van der Waals surface area contributed by atoms with Crippen LogP contribution in [0.3, 0.4) is 0 Å². The molecule has 1 aliphatic rings. The van der Waals surface area contributed by atoms with Gasteiger partial charge in [-0.05, 0) is 29.2 Å². The standard InChI is InChI=1S/C16H16N2O3/c19-16(18-21-11-12-4-3-8-17-10-12)15-14-6-2-1-5-13(14)7-9-20-15/h1-6,8,10,15H,7,9,11H2,(H,18,19). The summed E-state index contributed by atoms with van der Waals surface area (Å²) >= 11 is 0. The number of fused-ring (bicyclic) bond motifs is 1. The Labute approximate surface area is 122 Å². The molecule has 0 spiro atoms. The number of ether oxygens (including phenoxy) is 1. The van der Waals surface area contributed by atoms with Crippen molar-refractivity contribution in [1.82, 2.24) is 10.5 Å². The van der Waals surface area contributed by atoms with Crippen LogP contribution in [-0.2, 0) is 27.4 Å². The van der Waals surface area contributed by atoms with E-state index in [9.17, 15) is 4.79 Å². The predicted molar refractivity (Wildman–Crippen MR) is 76.0 cm³/mol. The summed E-state index contributed by atoms with van der Waals surface area (Å²) in [6.45, 7) is 0.811. The van der Waals surface area contributed by atoms with Crippen LogP contribution in [0.2, 0.25) is 0 Å². The molecule has 2 aromatic rings. The normalized spacial score (nSPS) is 17.0. The van der Waals surface area contributed by atoms with Gasteiger partial charge in [0, 0.05) is 12.4 Å². The van der Waals surface area contributed by atoms with Crippen molar-refractivity contribution in [3.63, 3.8) is 0 Å². The summed E-state index contributed by atoms with van der Waals surface area (Å²) in [6, 6.07) is 11.5. The second kappa shape index (κ2) is 6.47. The number of nitrogens with zero attached hydrogens (tertiary/aromatic N) is 1. The number of nitrogens with one attached hydrogen (secondary N) is 1. The Bertz CT molecular complexity index is 616. The molecule has 1 aliphatic heterocycles. The molecule has 0 bridgehead atoms. The zero-order valence-electron chi connectivity index (χ0n) is 11.5. The van der Waals surface area contributed by atoms with Crippen molar-refractivity contribution < 1.29 is 14.4 Å². The van der Waals surface area contributed by atoms with E-state index < -0.39 is 6.10 Å². The van der Waals surface area contributed by atoms with Crippen LogP contribution in [-0.4, -0.2) is 17.5 Å². The lowest BCUT2D eigenvalue weighted by Crippen LogP contribution is -2.33. The first kappa shape index (κ1) is 13.7. The minimum atomic E-state index is -0.608. The molecule has 2 heterocycles. The van der Waals surface area contributed by atoms with Gasteiger partial charge in [0.2, 0.25) is 0 Å². The van der Waals surface area contributed by atoms with Gasteiger partial charge < -0.3 is 4.74 Å². The summed E-state index contributed by atoms with van der Waals surface area (Å²) in [6.07, 6.45) is 3.60. The van der Waals surface area contributed by atoms with E-state index in [4.69, 9.17) is 9.57 Å². The monoisotopic (exact) mass is 284 g/mol. The molecule has 21 heavy (non-hydrogen) atoms. The summed E-state index contributed by atoms with van der Waals surface area (Å²) < 4.78 is 5.56. The third kappa shape index (κ3) is 3.26. The maximum atomic E-state index is 12.2. The molecule has 108 valence electrons. The van der Waals surface area contributed by atoms with E-state index in [0.717, 1.165) is 23.1 Å². The first-order valence-electron chi connectivity index (χ1n) is 6.84. The lowest BCUT2D eigenvalue weighted by atomic mass is 9.97. The molecular weight excluding hydrogens is 268 g/mol. The Morgan fingerprint density at radius 2 is 2.24 bits per heavy atom. The maximum Gasteiger partial charge on any atom is 0.277 e. The van der Waals surface area contributed by atoms with Crippen LogP contribution < -0.4 is 5.48 Å². The SMILES string of the molecule is O=C(NOCc1cccnc1)C1OCCc2ccccc21. The highest BCUT2D eigenvalue weighted by molar-refractivity contribution is 5.82. The van der Waals surface area contributed by atoms with Gasteiger partial charge in [-0.2, -0.15) is 0 Å². The Morgan fingerprint density at radius 3 is 3.10 bits per heavy atom. The van der Waals surface area contributed by atoms with Crippen molar-refractivity contribution in [2.45, 2.75) is 19.1 Å². The Kier molecular flexibility index (Phi) is 4.23. The molecule has 0 aliphatic carbocycles. The minimum Gasteiger partial charge on any atom is -0.363 e. The van der Waals surface area contributed by atoms with Gasteiger partial charge >= 0.3 is 0 Å². The molecule has 5 heteroatoms. The molecule has 1 amide bonds. The van der Waals surface area contributed by atoms with Crippen molar-refractivity contribution in [2.75, 3.05) is 6.61 Å². The topological polar surface area (TPSA) is 60.5 Å². The van der Waals surface area contributed by atoms with Crippen LogP contribution in [0.25, 0.3) is 0 Å². The number of carbonyl (C=O) groups excluding carboxylic acids is 1. The number of hydroxylamine groups is 1. The highest BCUT2D eigenvalue weighted by atomic mass is 16.7. The summed E-state index contributed by atoms with van der Waals surface area (Å²) in [5.74, 6) is -0.286. The fourth-order valence-corrected chi connectivity index (χ4v) is 2.34. The van der Waals surface area contributed by atoms with Gasteiger partial charge in [0.05, 0.1) is 6.61 Å². The van der Waals surface area contributed by atoms with E-state index in [1.807, 2.05) is 36.4 Å². The maximum absolute atomic E-state index is 12.2. The number of carbonyl (C=O) groups is 1. The first-order chi connectivity index (χ1) is 10.3. The molecule has 3 rings (SSSR count). The molecule has 5 nitrogen and oxygen atoms in total. The fourth-order valence-electron chi connectivity index (χ4n) is 2.34. The molecule has 0 fully saturated rings. The zero-order chi connectivity index (χ0) is 14.5. The average Bonchev–Trinajstić information content (AvgIpc) is 2.55. The van der Waals surface area contributed by atoms with Crippen molar-refractivity contribution in [3.05, 3.63) is 65.5 Å². The third-order valence-corrected chi connectivity index (χ3v) is 3.37. The molecule has 1 aromatic heterocycles. The molecule has 1 N–H and O–H groups in total. The van der Waals surface area contributed by atoms with Gasteiger partial charge in [0.1, 0.15) is 6.61 Å². The number of hydrogen-bond donors (Lipinski definition) is 1. The second-order valence-corrected chi connectivity index (χ2v) is 4.82. The van der Waals surface area contributed by atoms with Crippen LogP contribution in [0.5, 0.6) is 0 Å². The van der Waals surface area contributed by atoms with Crippen LogP contribution in [0.15, 0.2) is 48.8 Å². The first-order valence-corrected chi connectivity index (χ1v) is 6.84. The molecule has 1 atom stereocenters. The summed E-state index contributed by atoms with van der Waals surface area (Å²) in [4.78, 5) is 21.4. The van der Waals surface area contributed by atoms with Crippen molar-refractivity contribution in [1.29, 1.82) is 0 Å². The van der Waals surface area contributed by atoms with E-state index in [1.165, 1.54) is 0 Å². The van der Waals surface area contributed by atoms with Crippen molar-refractivity contribution in [3.8, 4) is 0 Å².